The minimum atomic E-state index is 0.687. The Morgan fingerprint density at radius 1 is 1.47 bits per heavy atom. The summed E-state index contributed by atoms with van der Waals surface area (Å²) in [6.45, 7) is 2.68. The topological polar surface area (TPSA) is 63.8 Å². The number of hydrogen-bond donors (Lipinski definition) is 2. The van der Waals surface area contributed by atoms with Gasteiger partial charge in [-0.2, -0.15) is 0 Å². The second-order valence-electron chi connectivity index (χ2n) is 3.21. The molecule has 0 aliphatic rings. The SMILES string of the molecule is Cc1cc(N)cnc1NCc1nccs1. The predicted molar refractivity (Wildman–Crippen MR) is 62.8 cm³/mol. The third-order valence-electron chi connectivity index (χ3n) is 1.99. The maximum atomic E-state index is 5.62. The van der Waals surface area contributed by atoms with Crippen molar-refractivity contribution in [2.45, 2.75) is 13.5 Å². The molecule has 0 unspecified atom stereocenters. The van der Waals surface area contributed by atoms with E-state index >= 15 is 0 Å². The van der Waals surface area contributed by atoms with Gasteiger partial charge >= 0.3 is 0 Å². The van der Waals surface area contributed by atoms with Crippen LogP contribution in [-0.2, 0) is 6.54 Å². The summed E-state index contributed by atoms with van der Waals surface area (Å²) in [5.41, 5.74) is 7.35. The monoisotopic (exact) mass is 220 g/mol. The molecule has 2 aromatic rings. The van der Waals surface area contributed by atoms with Gasteiger partial charge in [-0.05, 0) is 18.6 Å². The molecule has 78 valence electrons. The molecule has 0 fully saturated rings. The number of nitrogens with zero attached hydrogens (tertiary/aromatic N) is 2. The predicted octanol–water partition coefficient (Wildman–Crippen LogP) is 2.04. The Labute approximate surface area is 92.2 Å². The fourth-order valence-electron chi connectivity index (χ4n) is 1.28. The molecule has 2 heterocycles. The van der Waals surface area contributed by atoms with Gasteiger partial charge in [0.15, 0.2) is 0 Å². The van der Waals surface area contributed by atoms with Gasteiger partial charge in [0.2, 0.25) is 0 Å². The van der Waals surface area contributed by atoms with Crippen LogP contribution in [-0.4, -0.2) is 9.97 Å². The van der Waals surface area contributed by atoms with Gasteiger partial charge in [0.05, 0.1) is 18.4 Å². The van der Waals surface area contributed by atoms with E-state index in [9.17, 15) is 0 Å². The van der Waals surface area contributed by atoms with Crippen LogP contribution in [0.15, 0.2) is 23.8 Å². The minimum absolute atomic E-state index is 0.687. The summed E-state index contributed by atoms with van der Waals surface area (Å²) in [4.78, 5) is 8.40. The van der Waals surface area contributed by atoms with Gasteiger partial charge in [-0.25, -0.2) is 9.97 Å². The van der Waals surface area contributed by atoms with E-state index in [1.54, 1.807) is 23.7 Å². The third kappa shape index (κ3) is 2.44. The fourth-order valence-corrected chi connectivity index (χ4v) is 1.84. The van der Waals surface area contributed by atoms with Gasteiger partial charge in [0, 0.05) is 11.6 Å². The van der Waals surface area contributed by atoms with Gasteiger partial charge in [-0.3, -0.25) is 0 Å². The van der Waals surface area contributed by atoms with E-state index in [4.69, 9.17) is 5.73 Å². The highest BCUT2D eigenvalue weighted by atomic mass is 32.1. The summed E-state index contributed by atoms with van der Waals surface area (Å²) in [5, 5.41) is 6.23. The van der Waals surface area contributed by atoms with Crippen molar-refractivity contribution in [3.8, 4) is 0 Å². The van der Waals surface area contributed by atoms with Crippen LogP contribution in [0.1, 0.15) is 10.6 Å². The molecule has 0 aromatic carbocycles. The van der Waals surface area contributed by atoms with Gasteiger partial charge in [0.25, 0.3) is 0 Å². The summed E-state index contributed by atoms with van der Waals surface area (Å²) in [7, 11) is 0. The van der Waals surface area contributed by atoms with E-state index in [2.05, 4.69) is 15.3 Å². The number of nitrogens with two attached hydrogens (primary N) is 1. The Kier molecular flexibility index (Phi) is 2.82. The lowest BCUT2D eigenvalue weighted by atomic mass is 10.2. The summed E-state index contributed by atoms with van der Waals surface area (Å²) in [5.74, 6) is 0.861. The van der Waals surface area contributed by atoms with Crippen LogP contribution in [0.25, 0.3) is 0 Å². The Hall–Kier alpha value is -1.62. The zero-order chi connectivity index (χ0) is 10.7. The van der Waals surface area contributed by atoms with E-state index in [0.29, 0.717) is 12.2 Å². The molecule has 5 heteroatoms. The van der Waals surface area contributed by atoms with Crippen LogP contribution in [0.4, 0.5) is 11.5 Å². The zero-order valence-corrected chi connectivity index (χ0v) is 9.21. The van der Waals surface area contributed by atoms with Crippen molar-refractivity contribution < 1.29 is 0 Å². The standard InChI is InChI=1S/C10H12N4S/c1-7-4-8(11)5-13-10(7)14-6-9-12-2-3-15-9/h2-5H,6,11H2,1H3,(H,13,14). The van der Waals surface area contributed by atoms with E-state index in [1.807, 2.05) is 18.4 Å². The summed E-state index contributed by atoms with van der Waals surface area (Å²) in [6, 6.07) is 1.90. The number of hydrogen-bond acceptors (Lipinski definition) is 5. The number of anilines is 2. The number of rotatable bonds is 3. The number of nitrogens with one attached hydrogen (secondary N) is 1. The van der Waals surface area contributed by atoms with E-state index < -0.39 is 0 Å². The first kappa shape index (κ1) is 9.92. The molecule has 4 nitrogen and oxygen atoms in total. The van der Waals surface area contributed by atoms with Crippen molar-refractivity contribution in [2.75, 3.05) is 11.1 Å². The van der Waals surface area contributed by atoms with Crippen LogP contribution in [0.5, 0.6) is 0 Å². The molecular formula is C10H12N4S. The number of nitrogen functional groups attached to an aromatic ring is 1. The van der Waals surface area contributed by atoms with E-state index in [-0.39, 0.29) is 0 Å². The molecule has 2 rings (SSSR count). The Morgan fingerprint density at radius 2 is 2.33 bits per heavy atom. The van der Waals surface area contributed by atoms with Crippen LogP contribution in [0.3, 0.4) is 0 Å². The van der Waals surface area contributed by atoms with Crippen LogP contribution in [0.2, 0.25) is 0 Å². The maximum Gasteiger partial charge on any atom is 0.129 e. The fraction of sp³-hybridized carbons (Fsp3) is 0.200. The van der Waals surface area contributed by atoms with Crippen molar-refractivity contribution in [2.24, 2.45) is 0 Å². The second-order valence-corrected chi connectivity index (χ2v) is 4.19. The largest absolute Gasteiger partial charge is 0.397 e. The van der Waals surface area contributed by atoms with Crippen LogP contribution in [0, 0.1) is 6.92 Å². The molecule has 0 saturated carbocycles. The summed E-state index contributed by atoms with van der Waals surface area (Å²) in [6.07, 6.45) is 3.45. The van der Waals surface area contributed by atoms with Crippen LogP contribution >= 0.6 is 11.3 Å². The molecule has 0 atom stereocenters. The minimum Gasteiger partial charge on any atom is -0.397 e. The summed E-state index contributed by atoms with van der Waals surface area (Å²) < 4.78 is 0. The molecule has 0 saturated heterocycles. The summed E-state index contributed by atoms with van der Waals surface area (Å²) >= 11 is 1.63. The van der Waals surface area contributed by atoms with Gasteiger partial charge in [-0.15, -0.1) is 11.3 Å². The molecule has 0 aliphatic carbocycles. The normalized spacial score (nSPS) is 10.2. The maximum absolute atomic E-state index is 5.62. The lowest BCUT2D eigenvalue weighted by Gasteiger charge is -2.06. The molecule has 15 heavy (non-hydrogen) atoms. The highest BCUT2D eigenvalue weighted by Gasteiger charge is 2.01. The molecule has 0 spiro atoms. The molecule has 0 amide bonds. The average molecular weight is 220 g/mol. The van der Waals surface area contributed by atoms with Gasteiger partial charge < -0.3 is 11.1 Å². The number of aromatic nitrogens is 2. The highest BCUT2D eigenvalue weighted by molar-refractivity contribution is 7.09. The first-order valence-corrected chi connectivity index (χ1v) is 5.48. The third-order valence-corrected chi connectivity index (χ3v) is 2.77. The van der Waals surface area contributed by atoms with Crippen molar-refractivity contribution in [1.29, 1.82) is 0 Å². The Morgan fingerprint density at radius 3 is 3.00 bits per heavy atom. The van der Waals surface area contributed by atoms with Gasteiger partial charge in [0.1, 0.15) is 10.8 Å². The zero-order valence-electron chi connectivity index (χ0n) is 8.40. The van der Waals surface area contributed by atoms with Crippen molar-refractivity contribution >= 4 is 22.8 Å². The first-order chi connectivity index (χ1) is 7.25. The first-order valence-electron chi connectivity index (χ1n) is 4.60. The van der Waals surface area contributed by atoms with Crippen LogP contribution < -0.4 is 11.1 Å². The van der Waals surface area contributed by atoms with Crippen molar-refractivity contribution in [1.82, 2.24) is 9.97 Å². The van der Waals surface area contributed by atoms with Crippen molar-refractivity contribution in [3.63, 3.8) is 0 Å². The molecule has 0 bridgehead atoms. The van der Waals surface area contributed by atoms with Gasteiger partial charge in [-0.1, -0.05) is 0 Å². The molecule has 2 aromatic heterocycles. The number of thiazole rings is 1. The highest BCUT2D eigenvalue weighted by Crippen LogP contribution is 2.15. The number of aryl methyl sites for hydroxylation is 1. The Bertz CT molecular complexity index is 439. The lowest BCUT2D eigenvalue weighted by molar-refractivity contribution is 1.07. The molecule has 0 radical (unpaired) electrons. The number of pyridine rings is 1. The average Bonchev–Trinajstić information content (AvgIpc) is 2.69. The van der Waals surface area contributed by atoms with E-state index in [1.165, 1.54) is 0 Å². The molecular weight excluding hydrogens is 208 g/mol. The quantitative estimate of drug-likeness (QED) is 0.830. The smallest absolute Gasteiger partial charge is 0.129 e. The molecule has 0 aliphatic heterocycles. The molecule has 3 N–H and O–H groups in total. The Balaban J connectivity index is 2.05. The lowest BCUT2D eigenvalue weighted by Crippen LogP contribution is -2.03. The second kappa shape index (κ2) is 4.27. The van der Waals surface area contributed by atoms with E-state index in [0.717, 1.165) is 16.4 Å². The van der Waals surface area contributed by atoms with Crippen molar-refractivity contribution in [3.05, 3.63) is 34.4 Å².